The molecule has 1 aliphatic heterocycles. The Kier molecular flexibility index (Phi) is 1.77. The molecule has 66 valence electrons. The number of hydrogen-bond acceptors (Lipinski definition) is 3. The van der Waals surface area contributed by atoms with Crippen LogP contribution >= 0.6 is 0 Å². The zero-order chi connectivity index (χ0) is 8.55. The highest BCUT2D eigenvalue weighted by atomic mass is 16.5. The maximum atomic E-state index is 5.78. The number of nitrogens with zero attached hydrogens (tertiary/aromatic N) is 2. The smallest absolute Gasteiger partial charge is 0.0736 e. The van der Waals surface area contributed by atoms with Gasteiger partial charge in [-0.15, -0.1) is 0 Å². The van der Waals surface area contributed by atoms with E-state index >= 15 is 0 Å². The van der Waals surface area contributed by atoms with Gasteiger partial charge in [-0.25, -0.2) is 0 Å². The Morgan fingerprint density at radius 1 is 1.75 bits per heavy atom. The highest BCUT2D eigenvalue weighted by Crippen LogP contribution is 2.28. The third-order valence-electron chi connectivity index (χ3n) is 2.33. The van der Waals surface area contributed by atoms with Crippen molar-refractivity contribution in [2.75, 3.05) is 18.9 Å². The lowest BCUT2D eigenvalue weighted by Crippen LogP contribution is -2.07. The second-order valence-corrected chi connectivity index (χ2v) is 3.17. The first-order valence-corrected chi connectivity index (χ1v) is 4.14. The van der Waals surface area contributed by atoms with E-state index in [9.17, 15) is 0 Å². The van der Waals surface area contributed by atoms with Crippen LogP contribution in [-0.2, 0) is 11.8 Å². The lowest BCUT2D eigenvalue weighted by Gasteiger charge is -2.08. The van der Waals surface area contributed by atoms with Crippen LogP contribution in [0.25, 0.3) is 0 Å². The number of ether oxygens (including phenoxy) is 1. The summed E-state index contributed by atoms with van der Waals surface area (Å²) in [5.41, 5.74) is 7.69. The highest BCUT2D eigenvalue weighted by Gasteiger charge is 2.22. The van der Waals surface area contributed by atoms with E-state index in [1.165, 1.54) is 0 Å². The molecule has 1 aromatic heterocycles. The minimum Gasteiger partial charge on any atom is -0.396 e. The van der Waals surface area contributed by atoms with E-state index in [4.69, 9.17) is 10.5 Å². The van der Waals surface area contributed by atoms with Crippen molar-refractivity contribution in [1.29, 1.82) is 0 Å². The topological polar surface area (TPSA) is 53.1 Å². The molecule has 0 spiro atoms. The average Bonchev–Trinajstić information content (AvgIpc) is 2.61. The minimum atomic E-state index is 0.442. The second kappa shape index (κ2) is 2.79. The first-order valence-electron chi connectivity index (χ1n) is 4.14. The van der Waals surface area contributed by atoms with Gasteiger partial charge in [-0.05, 0) is 6.42 Å². The van der Waals surface area contributed by atoms with Gasteiger partial charge >= 0.3 is 0 Å². The largest absolute Gasteiger partial charge is 0.396 e. The van der Waals surface area contributed by atoms with E-state index in [1.54, 1.807) is 6.20 Å². The molecular formula is C8H13N3O. The van der Waals surface area contributed by atoms with Crippen molar-refractivity contribution in [2.45, 2.75) is 12.3 Å². The molecule has 0 amide bonds. The fourth-order valence-electron chi connectivity index (χ4n) is 1.71. The molecule has 0 bridgehead atoms. The summed E-state index contributed by atoms with van der Waals surface area (Å²) in [4.78, 5) is 0. The Labute approximate surface area is 71.3 Å². The Morgan fingerprint density at radius 2 is 2.58 bits per heavy atom. The van der Waals surface area contributed by atoms with Crippen LogP contribution in [-0.4, -0.2) is 23.0 Å². The summed E-state index contributed by atoms with van der Waals surface area (Å²) in [5, 5.41) is 4.10. The number of hydrogen-bond donors (Lipinski definition) is 1. The third-order valence-corrected chi connectivity index (χ3v) is 2.33. The van der Waals surface area contributed by atoms with Crippen LogP contribution in [0, 0.1) is 0 Å². The molecule has 2 rings (SSSR count). The molecule has 0 saturated carbocycles. The molecule has 0 aliphatic carbocycles. The van der Waals surface area contributed by atoms with Gasteiger partial charge in [0.2, 0.25) is 0 Å². The average molecular weight is 167 g/mol. The number of aryl methyl sites for hydroxylation is 1. The van der Waals surface area contributed by atoms with Gasteiger partial charge in [0.1, 0.15) is 0 Å². The van der Waals surface area contributed by atoms with Crippen molar-refractivity contribution < 1.29 is 4.74 Å². The predicted molar refractivity (Wildman–Crippen MR) is 45.8 cm³/mol. The summed E-state index contributed by atoms with van der Waals surface area (Å²) in [6.07, 6.45) is 2.76. The quantitative estimate of drug-likeness (QED) is 0.663. The molecule has 1 saturated heterocycles. The van der Waals surface area contributed by atoms with Crippen LogP contribution in [0.3, 0.4) is 0 Å². The van der Waals surface area contributed by atoms with Gasteiger partial charge in [-0.1, -0.05) is 0 Å². The molecule has 1 fully saturated rings. The van der Waals surface area contributed by atoms with Crippen molar-refractivity contribution >= 4 is 5.69 Å². The van der Waals surface area contributed by atoms with Gasteiger partial charge in [0.15, 0.2) is 0 Å². The fourth-order valence-corrected chi connectivity index (χ4v) is 1.71. The van der Waals surface area contributed by atoms with Gasteiger partial charge in [0.25, 0.3) is 0 Å². The second-order valence-electron chi connectivity index (χ2n) is 3.17. The summed E-state index contributed by atoms with van der Waals surface area (Å²) in [7, 11) is 1.92. The molecule has 1 aromatic rings. The summed E-state index contributed by atoms with van der Waals surface area (Å²) < 4.78 is 7.14. The van der Waals surface area contributed by atoms with Gasteiger partial charge in [-0.2, -0.15) is 5.10 Å². The molecule has 2 N–H and O–H groups in total. The lowest BCUT2D eigenvalue weighted by atomic mass is 10.0. The number of aromatic nitrogens is 2. The van der Waals surface area contributed by atoms with Crippen molar-refractivity contribution in [3.63, 3.8) is 0 Å². The van der Waals surface area contributed by atoms with E-state index in [-0.39, 0.29) is 0 Å². The number of nitrogens with two attached hydrogens (primary N) is 1. The summed E-state index contributed by atoms with van der Waals surface area (Å²) in [6, 6.07) is 0. The normalized spacial score (nSPS) is 23.2. The van der Waals surface area contributed by atoms with Crippen molar-refractivity contribution in [3.05, 3.63) is 11.9 Å². The zero-order valence-electron chi connectivity index (χ0n) is 7.16. The van der Waals surface area contributed by atoms with E-state index in [0.29, 0.717) is 5.92 Å². The monoisotopic (exact) mass is 167 g/mol. The molecule has 0 radical (unpaired) electrons. The SMILES string of the molecule is Cn1ncc(N)c1C1CCOC1. The molecule has 1 unspecified atom stereocenters. The molecule has 1 atom stereocenters. The summed E-state index contributed by atoms with van der Waals surface area (Å²) in [6.45, 7) is 1.62. The van der Waals surface area contributed by atoms with Crippen LogP contribution in [0.1, 0.15) is 18.0 Å². The zero-order valence-corrected chi connectivity index (χ0v) is 7.16. The maximum absolute atomic E-state index is 5.78. The van der Waals surface area contributed by atoms with Crippen molar-refractivity contribution in [3.8, 4) is 0 Å². The molecular weight excluding hydrogens is 154 g/mol. The lowest BCUT2D eigenvalue weighted by molar-refractivity contribution is 0.193. The Bertz CT molecular complexity index is 256. The first-order chi connectivity index (χ1) is 5.79. The number of anilines is 1. The standard InChI is InChI=1S/C8H13N3O/c1-11-8(7(9)4-10-11)6-2-3-12-5-6/h4,6H,2-3,5,9H2,1H3. The third kappa shape index (κ3) is 1.08. The summed E-state index contributed by atoms with van der Waals surface area (Å²) >= 11 is 0. The van der Waals surface area contributed by atoms with Crippen LogP contribution < -0.4 is 5.73 Å². The van der Waals surface area contributed by atoms with Gasteiger partial charge in [0.05, 0.1) is 24.2 Å². The predicted octanol–water partition coefficient (Wildman–Crippen LogP) is 0.506. The van der Waals surface area contributed by atoms with Crippen molar-refractivity contribution in [1.82, 2.24) is 9.78 Å². The van der Waals surface area contributed by atoms with Crippen molar-refractivity contribution in [2.24, 2.45) is 7.05 Å². The van der Waals surface area contributed by atoms with Crippen LogP contribution in [0.5, 0.6) is 0 Å². The molecule has 12 heavy (non-hydrogen) atoms. The fraction of sp³-hybridized carbons (Fsp3) is 0.625. The molecule has 2 heterocycles. The maximum Gasteiger partial charge on any atom is 0.0736 e. The first kappa shape index (κ1) is 7.61. The van der Waals surface area contributed by atoms with E-state index in [1.807, 2.05) is 11.7 Å². The Morgan fingerprint density at radius 3 is 3.08 bits per heavy atom. The number of rotatable bonds is 1. The van der Waals surface area contributed by atoms with E-state index in [2.05, 4.69) is 5.10 Å². The van der Waals surface area contributed by atoms with Gasteiger partial charge < -0.3 is 10.5 Å². The Hall–Kier alpha value is -1.03. The molecule has 4 nitrogen and oxygen atoms in total. The van der Waals surface area contributed by atoms with E-state index in [0.717, 1.165) is 31.0 Å². The van der Waals surface area contributed by atoms with Gasteiger partial charge in [-0.3, -0.25) is 4.68 Å². The number of nitrogen functional groups attached to an aromatic ring is 1. The van der Waals surface area contributed by atoms with Crippen LogP contribution in [0.15, 0.2) is 6.20 Å². The highest BCUT2D eigenvalue weighted by molar-refractivity contribution is 5.43. The molecule has 4 heteroatoms. The van der Waals surface area contributed by atoms with E-state index < -0.39 is 0 Å². The Balaban J connectivity index is 2.30. The molecule has 0 aromatic carbocycles. The van der Waals surface area contributed by atoms with Crippen LogP contribution in [0.2, 0.25) is 0 Å². The summed E-state index contributed by atoms with van der Waals surface area (Å²) in [5.74, 6) is 0.442. The molecule has 1 aliphatic rings. The minimum absolute atomic E-state index is 0.442. The van der Waals surface area contributed by atoms with Crippen LogP contribution in [0.4, 0.5) is 5.69 Å². The van der Waals surface area contributed by atoms with Gasteiger partial charge in [0, 0.05) is 19.6 Å².